The van der Waals surface area contributed by atoms with Crippen LogP contribution in [0.2, 0.25) is 0 Å². The number of methoxy groups -OCH3 is 2. The van der Waals surface area contributed by atoms with Gasteiger partial charge in [-0.2, -0.15) is 4.31 Å². The fraction of sp³-hybridized carbons (Fsp3) is 0.294. The Kier molecular flexibility index (Phi) is 6.15. The molecule has 0 spiro atoms. The van der Waals surface area contributed by atoms with E-state index in [2.05, 4.69) is 0 Å². The maximum atomic E-state index is 12.9. The van der Waals surface area contributed by atoms with Crippen molar-refractivity contribution in [2.24, 2.45) is 0 Å². The Morgan fingerprint density at radius 3 is 2.25 bits per heavy atom. The van der Waals surface area contributed by atoms with Crippen LogP contribution in [0, 0.1) is 0 Å². The lowest BCUT2D eigenvalue weighted by molar-refractivity contribution is 0.388. The minimum atomic E-state index is -3.71. The summed E-state index contributed by atoms with van der Waals surface area (Å²) in [5.74, 6) is 0.757. The summed E-state index contributed by atoms with van der Waals surface area (Å²) in [6.07, 6.45) is 2.00. The molecule has 0 aromatic heterocycles. The summed E-state index contributed by atoms with van der Waals surface area (Å²) in [6, 6.07) is 12.5. The third kappa shape index (κ3) is 4.03. The number of sulfonamides is 1. The van der Waals surface area contributed by atoms with Crippen molar-refractivity contribution in [3.05, 3.63) is 48.0 Å². The minimum Gasteiger partial charge on any atom is -0.497 e. The van der Waals surface area contributed by atoms with Crippen LogP contribution in [0.1, 0.15) is 5.56 Å². The molecule has 0 unspecified atom stereocenters. The van der Waals surface area contributed by atoms with Crippen LogP contribution < -0.4 is 9.47 Å². The molecule has 24 heavy (non-hydrogen) atoms. The quantitative estimate of drug-likeness (QED) is 0.703. The first-order valence-electron chi connectivity index (χ1n) is 7.23. The zero-order valence-electron chi connectivity index (χ0n) is 14.1. The number of thioether (sulfide) groups is 1. The van der Waals surface area contributed by atoms with Gasteiger partial charge < -0.3 is 9.47 Å². The number of hydrogen-bond acceptors (Lipinski definition) is 5. The Hall–Kier alpha value is -1.70. The molecule has 0 saturated carbocycles. The average molecular weight is 367 g/mol. The van der Waals surface area contributed by atoms with Crippen molar-refractivity contribution in [1.82, 2.24) is 4.31 Å². The summed E-state index contributed by atoms with van der Waals surface area (Å²) in [5.41, 5.74) is 0.917. The van der Waals surface area contributed by atoms with E-state index in [0.717, 1.165) is 10.5 Å². The van der Waals surface area contributed by atoms with Gasteiger partial charge in [0.15, 0.2) is 0 Å². The molecule has 0 aliphatic carbocycles. The second-order valence-electron chi connectivity index (χ2n) is 5.13. The van der Waals surface area contributed by atoms with Crippen molar-refractivity contribution in [3.8, 4) is 11.5 Å². The van der Waals surface area contributed by atoms with Gasteiger partial charge in [-0.15, -0.1) is 11.8 Å². The Balaban J connectivity index is 2.31. The molecule has 7 heteroatoms. The van der Waals surface area contributed by atoms with Crippen LogP contribution in [0.4, 0.5) is 0 Å². The number of rotatable bonds is 7. The fourth-order valence-corrected chi connectivity index (χ4v) is 3.96. The largest absolute Gasteiger partial charge is 0.497 e. The van der Waals surface area contributed by atoms with E-state index in [-0.39, 0.29) is 11.4 Å². The molecular formula is C17H21NO4S2. The summed E-state index contributed by atoms with van der Waals surface area (Å²) in [4.78, 5) is 1.23. The topological polar surface area (TPSA) is 55.8 Å². The van der Waals surface area contributed by atoms with Gasteiger partial charge in [-0.25, -0.2) is 8.42 Å². The van der Waals surface area contributed by atoms with E-state index >= 15 is 0 Å². The zero-order chi connectivity index (χ0) is 17.7. The van der Waals surface area contributed by atoms with Gasteiger partial charge in [-0.05, 0) is 36.1 Å². The summed E-state index contributed by atoms with van der Waals surface area (Å²) in [7, 11) is 0.789. The maximum Gasteiger partial charge on any atom is 0.246 e. The average Bonchev–Trinajstić information content (AvgIpc) is 2.61. The molecule has 0 saturated heterocycles. The van der Waals surface area contributed by atoms with Gasteiger partial charge in [0.2, 0.25) is 10.0 Å². The van der Waals surface area contributed by atoms with E-state index in [9.17, 15) is 8.42 Å². The van der Waals surface area contributed by atoms with Crippen molar-refractivity contribution < 1.29 is 17.9 Å². The first-order chi connectivity index (χ1) is 11.4. The van der Waals surface area contributed by atoms with Crippen LogP contribution in [0.25, 0.3) is 0 Å². The third-order valence-electron chi connectivity index (χ3n) is 3.62. The standard InChI is InChI=1S/C17H21NO4S2/c1-18(12-13-5-8-15(23-4)9-6-13)24(19,20)17-11-14(21-2)7-10-16(17)22-3/h5-11H,12H2,1-4H3. The number of nitrogens with zero attached hydrogens (tertiary/aromatic N) is 1. The molecule has 5 nitrogen and oxygen atoms in total. The van der Waals surface area contributed by atoms with E-state index in [4.69, 9.17) is 9.47 Å². The van der Waals surface area contributed by atoms with Crippen molar-refractivity contribution >= 4 is 21.8 Å². The van der Waals surface area contributed by atoms with Gasteiger partial charge in [0.05, 0.1) is 14.2 Å². The third-order valence-corrected chi connectivity index (χ3v) is 6.19. The Morgan fingerprint density at radius 2 is 1.71 bits per heavy atom. The molecule has 0 aliphatic rings. The normalized spacial score (nSPS) is 11.5. The van der Waals surface area contributed by atoms with Gasteiger partial charge in [0, 0.05) is 24.6 Å². The van der Waals surface area contributed by atoms with Gasteiger partial charge in [0.1, 0.15) is 16.4 Å². The molecule has 0 bridgehead atoms. The molecule has 0 atom stereocenters. The molecule has 0 amide bonds. The van der Waals surface area contributed by atoms with Crippen molar-refractivity contribution in [2.75, 3.05) is 27.5 Å². The molecule has 2 rings (SSSR count). The Bertz CT molecular complexity index is 789. The second kappa shape index (κ2) is 7.92. The molecule has 130 valence electrons. The van der Waals surface area contributed by atoms with Crippen LogP contribution in [-0.4, -0.2) is 40.2 Å². The highest BCUT2D eigenvalue weighted by molar-refractivity contribution is 7.98. The molecule has 0 N–H and O–H groups in total. The highest BCUT2D eigenvalue weighted by Crippen LogP contribution is 2.30. The smallest absolute Gasteiger partial charge is 0.246 e. The lowest BCUT2D eigenvalue weighted by atomic mass is 10.2. The molecule has 0 aliphatic heterocycles. The van der Waals surface area contributed by atoms with Crippen molar-refractivity contribution in [3.63, 3.8) is 0 Å². The van der Waals surface area contributed by atoms with Gasteiger partial charge in [-0.1, -0.05) is 12.1 Å². The fourth-order valence-electron chi connectivity index (χ4n) is 2.23. The SMILES string of the molecule is COc1ccc(OC)c(S(=O)(=O)N(C)Cc2ccc(SC)cc2)c1. The van der Waals surface area contributed by atoms with Crippen molar-refractivity contribution in [2.45, 2.75) is 16.3 Å². The molecule has 0 radical (unpaired) electrons. The zero-order valence-corrected chi connectivity index (χ0v) is 15.8. The van der Waals surface area contributed by atoms with Crippen LogP contribution in [0.5, 0.6) is 11.5 Å². The lowest BCUT2D eigenvalue weighted by Crippen LogP contribution is -2.27. The first-order valence-corrected chi connectivity index (χ1v) is 9.90. The molecular weight excluding hydrogens is 346 g/mol. The van der Waals surface area contributed by atoms with E-state index in [1.54, 1.807) is 30.9 Å². The number of hydrogen-bond donors (Lipinski definition) is 0. The molecule has 0 fully saturated rings. The number of ether oxygens (including phenoxy) is 2. The highest BCUT2D eigenvalue weighted by atomic mass is 32.2. The van der Waals surface area contributed by atoms with E-state index in [1.807, 2.05) is 30.5 Å². The van der Waals surface area contributed by atoms with E-state index in [1.165, 1.54) is 24.6 Å². The van der Waals surface area contributed by atoms with Crippen LogP contribution in [0.3, 0.4) is 0 Å². The minimum absolute atomic E-state index is 0.0904. The first kappa shape index (κ1) is 18.6. The monoisotopic (exact) mass is 367 g/mol. The second-order valence-corrected chi connectivity index (χ2v) is 8.02. The Morgan fingerprint density at radius 1 is 1.04 bits per heavy atom. The summed E-state index contributed by atoms with van der Waals surface area (Å²) >= 11 is 1.65. The van der Waals surface area contributed by atoms with Gasteiger partial charge >= 0.3 is 0 Å². The van der Waals surface area contributed by atoms with Gasteiger partial charge in [-0.3, -0.25) is 0 Å². The Labute approximate surface area is 147 Å². The predicted molar refractivity (Wildman–Crippen MR) is 96.4 cm³/mol. The van der Waals surface area contributed by atoms with E-state index < -0.39 is 10.0 Å². The molecule has 2 aromatic carbocycles. The lowest BCUT2D eigenvalue weighted by Gasteiger charge is -2.19. The highest BCUT2D eigenvalue weighted by Gasteiger charge is 2.25. The van der Waals surface area contributed by atoms with E-state index in [0.29, 0.717) is 11.5 Å². The number of benzene rings is 2. The predicted octanol–water partition coefficient (Wildman–Crippen LogP) is 3.25. The maximum absolute atomic E-state index is 12.9. The van der Waals surface area contributed by atoms with Crippen LogP contribution >= 0.6 is 11.8 Å². The summed E-state index contributed by atoms with van der Waals surface area (Å²) in [5, 5.41) is 0. The molecule has 0 heterocycles. The van der Waals surface area contributed by atoms with Gasteiger partial charge in [0.25, 0.3) is 0 Å². The van der Waals surface area contributed by atoms with Crippen molar-refractivity contribution in [1.29, 1.82) is 0 Å². The summed E-state index contributed by atoms with van der Waals surface area (Å²) < 4.78 is 37.4. The molecule has 2 aromatic rings. The van der Waals surface area contributed by atoms with Crippen LogP contribution in [-0.2, 0) is 16.6 Å². The summed E-state index contributed by atoms with van der Waals surface area (Å²) in [6.45, 7) is 0.275. The van der Waals surface area contributed by atoms with Crippen LogP contribution in [0.15, 0.2) is 52.3 Å².